The monoisotopic (exact) mass is 308 g/mol. The van der Waals surface area contributed by atoms with E-state index in [1.165, 1.54) is 0 Å². The molecule has 0 radical (unpaired) electrons. The highest BCUT2D eigenvalue weighted by Gasteiger charge is 2.17. The second-order valence-corrected chi connectivity index (χ2v) is 5.64. The maximum atomic E-state index is 12.6. The van der Waals surface area contributed by atoms with Gasteiger partial charge < -0.3 is 15.0 Å². The minimum Gasteiger partial charge on any atom is -0.497 e. The standard InChI is InChI=1S/C19H20N2O2/c1-12-16-11-15(23-3)9-10-17(16)21-18(12)19(22)20-13(2)14-7-5-4-6-8-14/h4-11,13,21H,1-3H3,(H,20,22). The van der Waals surface area contributed by atoms with Gasteiger partial charge in [0.25, 0.3) is 5.91 Å². The predicted octanol–water partition coefficient (Wildman–Crippen LogP) is 3.98. The Morgan fingerprint density at radius 1 is 1.17 bits per heavy atom. The molecule has 0 bridgehead atoms. The van der Waals surface area contributed by atoms with E-state index in [0.29, 0.717) is 5.69 Å². The van der Waals surface area contributed by atoms with Crippen molar-refractivity contribution in [1.29, 1.82) is 0 Å². The first-order valence-electron chi connectivity index (χ1n) is 7.62. The van der Waals surface area contributed by atoms with Gasteiger partial charge in [-0.05, 0) is 43.2 Å². The number of aryl methyl sites for hydroxylation is 1. The number of carbonyl (C=O) groups is 1. The van der Waals surface area contributed by atoms with E-state index in [9.17, 15) is 4.79 Å². The van der Waals surface area contributed by atoms with E-state index in [1.807, 2.05) is 62.4 Å². The van der Waals surface area contributed by atoms with Crippen molar-refractivity contribution in [3.8, 4) is 5.75 Å². The van der Waals surface area contributed by atoms with Crippen LogP contribution in [0.15, 0.2) is 48.5 Å². The number of ether oxygens (including phenoxy) is 1. The average Bonchev–Trinajstić information content (AvgIpc) is 2.92. The van der Waals surface area contributed by atoms with Gasteiger partial charge in [0.2, 0.25) is 0 Å². The molecule has 0 saturated heterocycles. The van der Waals surface area contributed by atoms with Gasteiger partial charge in [0, 0.05) is 10.9 Å². The van der Waals surface area contributed by atoms with Gasteiger partial charge in [-0.2, -0.15) is 0 Å². The normalized spacial score (nSPS) is 12.1. The van der Waals surface area contributed by atoms with Crippen LogP contribution in [0.2, 0.25) is 0 Å². The summed E-state index contributed by atoms with van der Waals surface area (Å²) in [6.07, 6.45) is 0. The highest BCUT2D eigenvalue weighted by Crippen LogP contribution is 2.26. The van der Waals surface area contributed by atoms with Crippen molar-refractivity contribution < 1.29 is 9.53 Å². The molecule has 118 valence electrons. The minimum absolute atomic E-state index is 0.0518. The third kappa shape index (κ3) is 2.93. The lowest BCUT2D eigenvalue weighted by Crippen LogP contribution is -2.27. The number of H-pyrrole nitrogens is 1. The Hall–Kier alpha value is -2.75. The minimum atomic E-state index is -0.103. The second kappa shape index (κ2) is 6.16. The largest absolute Gasteiger partial charge is 0.497 e. The summed E-state index contributed by atoms with van der Waals surface area (Å²) in [6, 6.07) is 15.6. The molecule has 3 aromatic rings. The van der Waals surface area contributed by atoms with Gasteiger partial charge in [0.1, 0.15) is 11.4 Å². The summed E-state index contributed by atoms with van der Waals surface area (Å²) in [5.41, 5.74) is 3.53. The van der Waals surface area contributed by atoms with Crippen molar-refractivity contribution in [1.82, 2.24) is 10.3 Å². The highest BCUT2D eigenvalue weighted by molar-refractivity contribution is 6.01. The van der Waals surface area contributed by atoms with Crippen LogP contribution < -0.4 is 10.1 Å². The Kier molecular flexibility index (Phi) is 4.06. The van der Waals surface area contributed by atoms with Gasteiger partial charge in [-0.3, -0.25) is 4.79 Å². The van der Waals surface area contributed by atoms with E-state index >= 15 is 0 Å². The number of hydrogen-bond acceptors (Lipinski definition) is 2. The van der Waals surface area contributed by atoms with Crippen LogP contribution in [-0.4, -0.2) is 18.0 Å². The average molecular weight is 308 g/mol. The van der Waals surface area contributed by atoms with Crippen LogP contribution in [0.5, 0.6) is 5.75 Å². The number of fused-ring (bicyclic) bond motifs is 1. The molecule has 0 aliphatic heterocycles. The Morgan fingerprint density at radius 2 is 1.91 bits per heavy atom. The number of nitrogens with one attached hydrogen (secondary N) is 2. The molecule has 23 heavy (non-hydrogen) atoms. The molecule has 4 nitrogen and oxygen atoms in total. The maximum absolute atomic E-state index is 12.6. The molecule has 1 heterocycles. The zero-order chi connectivity index (χ0) is 16.4. The van der Waals surface area contributed by atoms with Gasteiger partial charge in [-0.25, -0.2) is 0 Å². The van der Waals surface area contributed by atoms with Crippen LogP contribution in [0.25, 0.3) is 10.9 Å². The smallest absolute Gasteiger partial charge is 0.268 e. The summed E-state index contributed by atoms with van der Waals surface area (Å²) >= 11 is 0. The fraction of sp³-hybridized carbons (Fsp3) is 0.211. The SMILES string of the molecule is COc1ccc2[nH]c(C(=O)NC(C)c3ccccc3)c(C)c2c1. The molecule has 1 amide bonds. The lowest BCUT2D eigenvalue weighted by Gasteiger charge is -2.14. The van der Waals surface area contributed by atoms with E-state index in [1.54, 1.807) is 7.11 Å². The fourth-order valence-electron chi connectivity index (χ4n) is 2.75. The second-order valence-electron chi connectivity index (χ2n) is 5.64. The van der Waals surface area contributed by atoms with Crippen molar-refractivity contribution in [2.45, 2.75) is 19.9 Å². The first kappa shape index (κ1) is 15.2. The van der Waals surface area contributed by atoms with Gasteiger partial charge in [0.15, 0.2) is 0 Å². The number of hydrogen-bond donors (Lipinski definition) is 2. The van der Waals surface area contributed by atoms with E-state index < -0.39 is 0 Å². The van der Waals surface area contributed by atoms with Crippen molar-refractivity contribution >= 4 is 16.8 Å². The van der Waals surface area contributed by atoms with E-state index in [-0.39, 0.29) is 11.9 Å². The van der Waals surface area contributed by atoms with Crippen molar-refractivity contribution in [3.05, 3.63) is 65.4 Å². The number of amides is 1. The molecule has 0 aliphatic rings. The molecule has 3 rings (SSSR count). The van der Waals surface area contributed by atoms with Crippen molar-refractivity contribution in [2.24, 2.45) is 0 Å². The highest BCUT2D eigenvalue weighted by atomic mass is 16.5. The first-order valence-corrected chi connectivity index (χ1v) is 7.62. The number of methoxy groups -OCH3 is 1. The van der Waals surface area contributed by atoms with Gasteiger partial charge in [-0.1, -0.05) is 30.3 Å². The number of benzene rings is 2. The molecule has 0 spiro atoms. The maximum Gasteiger partial charge on any atom is 0.268 e. The van der Waals surface area contributed by atoms with Crippen LogP contribution in [-0.2, 0) is 0 Å². The summed E-state index contributed by atoms with van der Waals surface area (Å²) in [6.45, 7) is 3.93. The Morgan fingerprint density at radius 3 is 2.61 bits per heavy atom. The molecule has 1 aromatic heterocycles. The number of rotatable bonds is 4. The molecule has 2 aromatic carbocycles. The summed E-state index contributed by atoms with van der Waals surface area (Å²) in [7, 11) is 1.64. The summed E-state index contributed by atoms with van der Waals surface area (Å²) < 4.78 is 5.25. The summed E-state index contributed by atoms with van der Waals surface area (Å²) in [5, 5.41) is 4.04. The zero-order valence-electron chi connectivity index (χ0n) is 13.5. The molecule has 1 atom stereocenters. The summed E-state index contributed by atoms with van der Waals surface area (Å²) in [4.78, 5) is 15.8. The fourth-order valence-corrected chi connectivity index (χ4v) is 2.75. The number of carbonyl (C=O) groups excluding carboxylic acids is 1. The number of aromatic amines is 1. The predicted molar refractivity (Wildman–Crippen MR) is 91.9 cm³/mol. The van der Waals surface area contributed by atoms with Crippen LogP contribution in [0.1, 0.15) is 34.6 Å². The van der Waals surface area contributed by atoms with Crippen molar-refractivity contribution in [2.75, 3.05) is 7.11 Å². The van der Waals surface area contributed by atoms with Crippen LogP contribution >= 0.6 is 0 Å². The van der Waals surface area contributed by atoms with E-state index in [2.05, 4.69) is 10.3 Å². The van der Waals surface area contributed by atoms with Crippen molar-refractivity contribution in [3.63, 3.8) is 0 Å². The molecule has 0 fully saturated rings. The third-order valence-electron chi connectivity index (χ3n) is 4.14. The molecular weight excluding hydrogens is 288 g/mol. The lowest BCUT2D eigenvalue weighted by molar-refractivity contribution is 0.0935. The third-order valence-corrected chi connectivity index (χ3v) is 4.14. The van der Waals surface area contributed by atoms with Crippen LogP contribution in [0.3, 0.4) is 0 Å². The van der Waals surface area contributed by atoms with Crippen LogP contribution in [0, 0.1) is 6.92 Å². The Bertz CT molecular complexity index is 837. The van der Waals surface area contributed by atoms with Gasteiger partial charge in [-0.15, -0.1) is 0 Å². The zero-order valence-corrected chi connectivity index (χ0v) is 13.5. The molecule has 4 heteroatoms. The quantitative estimate of drug-likeness (QED) is 0.766. The molecule has 0 aliphatic carbocycles. The number of aromatic nitrogens is 1. The summed E-state index contributed by atoms with van der Waals surface area (Å²) in [5.74, 6) is 0.679. The Labute approximate surface area is 135 Å². The lowest BCUT2D eigenvalue weighted by atomic mass is 10.1. The van der Waals surface area contributed by atoms with E-state index in [4.69, 9.17) is 4.74 Å². The molecule has 0 saturated carbocycles. The molecule has 1 unspecified atom stereocenters. The van der Waals surface area contributed by atoms with Gasteiger partial charge in [0.05, 0.1) is 13.2 Å². The molecule has 2 N–H and O–H groups in total. The van der Waals surface area contributed by atoms with E-state index in [0.717, 1.165) is 27.8 Å². The molecular formula is C19H20N2O2. The first-order chi connectivity index (χ1) is 11.1. The van der Waals surface area contributed by atoms with Gasteiger partial charge >= 0.3 is 0 Å². The van der Waals surface area contributed by atoms with Crippen LogP contribution in [0.4, 0.5) is 0 Å². The topological polar surface area (TPSA) is 54.1 Å². The Balaban J connectivity index is 1.88.